The number of hydrogen-bond donors (Lipinski definition) is 2. The lowest BCUT2D eigenvalue weighted by molar-refractivity contribution is -0.137. The first kappa shape index (κ1) is 11.4. The van der Waals surface area contributed by atoms with Crippen molar-refractivity contribution in [2.45, 2.75) is 19.9 Å². The van der Waals surface area contributed by atoms with E-state index in [1.165, 1.54) is 0 Å². The van der Waals surface area contributed by atoms with Gasteiger partial charge in [-0.05, 0) is 26.0 Å². The van der Waals surface area contributed by atoms with E-state index in [2.05, 4.69) is 10.4 Å². The molecule has 17 heavy (non-hydrogen) atoms. The van der Waals surface area contributed by atoms with E-state index in [4.69, 9.17) is 5.11 Å². The lowest BCUT2D eigenvalue weighted by Crippen LogP contribution is -2.25. The van der Waals surface area contributed by atoms with Crippen molar-refractivity contribution in [2.75, 3.05) is 5.32 Å². The zero-order valence-electron chi connectivity index (χ0n) is 10.1. The molecule has 2 N–H and O–H groups in total. The van der Waals surface area contributed by atoms with E-state index in [0.29, 0.717) is 5.82 Å². The molecule has 0 amide bonds. The Kier molecular flexibility index (Phi) is 2.75. The maximum Gasteiger partial charge on any atom is 0.325 e. The van der Waals surface area contributed by atoms with Gasteiger partial charge in [-0.2, -0.15) is 5.10 Å². The number of rotatable bonds is 3. The highest BCUT2D eigenvalue weighted by Crippen LogP contribution is 2.23. The number of nitrogens with one attached hydrogen (secondary N) is 1. The molecule has 5 nitrogen and oxygen atoms in total. The summed E-state index contributed by atoms with van der Waals surface area (Å²) in [7, 11) is 1.84. The highest BCUT2D eigenvalue weighted by atomic mass is 16.4. The number of carbonyl (C=O) groups is 1. The zero-order valence-corrected chi connectivity index (χ0v) is 10.1. The van der Waals surface area contributed by atoms with Crippen LogP contribution in [0.1, 0.15) is 12.5 Å². The number of anilines is 1. The van der Waals surface area contributed by atoms with Crippen molar-refractivity contribution >= 4 is 22.7 Å². The Morgan fingerprint density at radius 3 is 2.88 bits per heavy atom. The van der Waals surface area contributed by atoms with Crippen molar-refractivity contribution in [2.24, 2.45) is 7.05 Å². The van der Waals surface area contributed by atoms with Gasteiger partial charge in [-0.3, -0.25) is 9.48 Å². The number of aliphatic carboxylic acids is 1. The Morgan fingerprint density at radius 1 is 1.53 bits per heavy atom. The first-order chi connectivity index (χ1) is 7.99. The van der Waals surface area contributed by atoms with E-state index in [-0.39, 0.29) is 0 Å². The van der Waals surface area contributed by atoms with Gasteiger partial charge in [0, 0.05) is 12.4 Å². The molecule has 0 spiro atoms. The molecule has 1 heterocycles. The number of carboxylic acids is 1. The molecule has 0 fully saturated rings. The maximum absolute atomic E-state index is 10.8. The number of aryl methyl sites for hydroxylation is 2. The summed E-state index contributed by atoms with van der Waals surface area (Å²) in [5.41, 5.74) is 2.10. The summed E-state index contributed by atoms with van der Waals surface area (Å²) in [5.74, 6) is -0.280. The van der Waals surface area contributed by atoms with Gasteiger partial charge < -0.3 is 10.4 Å². The minimum Gasteiger partial charge on any atom is -0.480 e. The number of fused-ring (bicyclic) bond motifs is 1. The standard InChI is InChI=1S/C12H15N3O2/c1-7-4-5-10-9(6-7)11(14-15(10)3)13-8(2)12(16)17/h4-6,8H,1-3H3,(H,13,14)(H,16,17). The second kappa shape index (κ2) is 4.08. The molecule has 0 saturated carbocycles. The molecular weight excluding hydrogens is 218 g/mol. The molecule has 1 atom stereocenters. The minimum atomic E-state index is -0.892. The van der Waals surface area contributed by atoms with Crippen LogP contribution in [0, 0.1) is 6.92 Å². The molecule has 90 valence electrons. The summed E-state index contributed by atoms with van der Waals surface area (Å²) < 4.78 is 1.74. The van der Waals surface area contributed by atoms with Gasteiger partial charge in [0.25, 0.3) is 0 Å². The highest BCUT2D eigenvalue weighted by Gasteiger charge is 2.15. The van der Waals surface area contributed by atoms with Crippen LogP contribution in [0.3, 0.4) is 0 Å². The molecule has 0 aliphatic carbocycles. The Balaban J connectivity index is 2.47. The van der Waals surface area contributed by atoms with Crippen molar-refractivity contribution in [3.05, 3.63) is 23.8 Å². The van der Waals surface area contributed by atoms with Crippen LogP contribution in [0.2, 0.25) is 0 Å². The molecule has 1 aromatic carbocycles. The maximum atomic E-state index is 10.8. The van der Waals surface area contributed by atoms with Gasteiger partial charge in [-0.15, -0.1) is 0 Å². The van der Waals surface area contributed by atoms with Gasteiger partial charge in [-0.1, -0.05) is 11.6 Å². The molecule has 2 rings (SSSR count). The largest absolute Gasteiger partial charge is 0.480 e. The zero-order chi connectivity index (χ0) is 12.6. The van der Waals surface area contributed by atoms with Crippen LogP contribution in [-0.2, 0) is 11.8 Å². The third-order valence-corrected chi connectivity index (χ3v) is 2.73. The predicted molar refractivity (Wildman–Crippen MR) is 66.2 cm³/mol. The molecule has 0 aliphatic heterocycles. The van der Waals surface area contributed by atoms with Gasteiger partial charge in [0.05, 0.1) is 5.52 Å². The molecule has 0 aliphatic rings. The minimum absolute atomic E-state index is 0.612. The monoisotopic (exact) mass is 233 g/mol. The quantitative estimate of drug-likeness (QED) is 0.847. The van der Waals surface area contributed by atoms with E-state index in [1.807, 2.05) is 32.2 Å². The second-order valence-corrected chi connectivity index (χ2v) is 4.20. The van der Waals surface area contributed by atoms with Crippen LogP contribution in [0.4, 0.5) is 5.82 Å². The summed E-state index contributed by atoms with van der Waals surface area (Å²) >= 11 is 0. The van der Waals surface area contributed by atoms with Gasteiger partial charge >= 0.3 is 5.97 Å². The topological polar surface area (TPSA) is 67.2 Å². The third-order valence-electron chi connectivity index (χ3n) is 2.73. The van der Waals surface area contributed by atoms with Crippen molar-refractivity contribution < 1.29 is 9.90 Å². The summed E-state index contributed by atoms with van der Waals surface area (Å²) in [6.45, 7) is 3.59. The van der Waals surface area contributed by atoms with Gasteiger partial charge in [0.15, 0.2) is 5.82 Å². The van der Waals surface area contributed by atoms with Gasteiger partial charge in [-0.25, -0.2) is 0 Å². The fourth-order valence-corrected chi connectivity index (χ4v) is 1.75. The molecule has 5 heteroatoms. The summed E-state index contributed by atoms with van der Waals surface area (Å²) in [5, 5.41) is 17.0. The third kappa shape index (κ3) is 2.08. The number of aromatic nitrogens is 2. The van der Waals surface area contributed by atoms with Crippen LogP contribution in [0.15, 0.2) is 18.2 Å². The molecule has 2 aromatic rings. The molecule has 0 radical (unpaired) electrons. The Bertz CT molecular complexity index is 574. The van der Waals surface area contributed by atoms with Crippen LogP contribution in [0.25, 0.3) is 10.9 Å². The Labute approximate surface area is 99.1 Å². The lowest BCUT2D eigenvalue weighted by atomic mass is 10.1. The molecule has 0 bridgehead atoms. The fourth-order valence-electron chi connectivity index (χ4n) is 1.75. The first-order valence-corrected chi connectivity index (χ1v) is 5.41. The van der Waals surface area contributed by atoms with Crippen molar-refractivity contribution in [3.63, 3.8) is 0 Å². The average Bonchev–Trinajstić information content (AvgIpc) is 2.55. The summed E-state index contributed by atoms with van der Waals surface area (Å²) in [6.07, 6.45) is 0. The number of hydrogen-bond acceptors (Lipinski definition) is 3. The molecule has 0 saturated heterocycles. The first-order valence-electron chi connectivity index (χ1n) is 5.41. The van der Waals surface area contributed by atoms with Crippen LogP contribution >= 0.6 is 0 Å². The number of carboxylic acid groups (broad SMARTS) is 1. The number of nitrogens with zero attached hydrogens (tertiary/aromatic N) is 2. The summed E-state index contributed by atoms with van der Waals surface area (Å²) in [6, 6.07) is 5.33. The smallest absolute Gasteiger partial charge is 0.325 e. The van der Waals surface area contributed by atoms with E-state index < -0.39 is 12.0 Å². The van der Waals surface area contributed by atoms with Crippen molar-refractivity contribution in [1.82, 2.24) is 9.78 Å². The van der Waals surface area contributed by atoms with Crippen LogP contribution in [-0.4, -0.2) is 26.9 Å². The van der Waals surface area contributed by atoms with Gasteiger partial charge in [0.2, 0.25) is 0 Å². The van der Waals surface area contributed by atoms with Crippen LogP contribution in [0.5, 0.6) is 0 Å². The van der Waals surface area contributed by atoms with E-state index >= 15 is 0 Å². The van der Waals surface area contributed by atoms with Crippen molar-refractivity contribution in [3.8, 4) is 0 Å². The highest BCUT2D eigenvalue weighted by molar-refractivity contribution is 5.92. The van der Waals surface area contributed by atoms with E-state index in [9.17, 15) is 4.79 Å². The predicted octanol–water partition coefficient (Wildman–Crippen LogP) is 1.77. The van der Waals surface area contributed by atoms with Crippen molar-refractivity contribution in [1.29, 1.82) is 0 Å². The Morgan fingerprint density at radius 2 is 2.24 bits per heavy atom. The van der Waals surface area contributed by atoms with Gasteiger partial charge in [0.1, 0.15) is 6.04 Å². The summed E-state index contributed by atoms with van der Waals surface area (Å²) in [4.78, 5) is 10.8. The number of benzene rings is 1. The molecule has 1 unspecified atom stereocenters. The normalized spacial score (nSPS) is 12.6. The lowest BCUT2D eigenvalue weighted by Gasteiger charge is -2.07. The average molecular weight is 233 g/mol. The fraction of sp³-hybridized carbons (Fsp3) is 0.333. The van der Waals surface area contributed by atoms with E-state index in [1.54, 1.807) is 11.6 Å². The van der Waals surface area contributed by atoms with Crippen LogP contribution < -0.4 is 5.32 Å². The molecular formula is C12H15N3O2. The Hall–Kier alpha value is -2.04. The second-order valence-electron chi connectivity index (χ2n) is 4.20. The SMILES string of the molecule is Cc1ccc2c(c1)c(NC(C)C(=O)O)nn2C. The molecule has 1 aromatic heterocycles. The van der Waals surface area contributed by atoms with E-state index in [0.717, 1.165) is 16.5 Å².